The van der Waals surface area contributed by atoms with E-state index >= 15 is 0 Å². The van der Waals surface area contributed by atoms with Crippen molar-refractivity contribution in [1.29, 1.82) is 0 Å². The largest absolute Gasteiger partial charge is 0.314 e. The Balaban J connectivity index is 1.82. The van der Waals surface area contributed by atoms with Crippen molar-refractivity contribution in [2.45, 2.75) is 39.3 Å². The Kier molecular flexibility index (Phi) is 4.45. The van der Waals surface area contributed by atoms with E-state index in [4.69, 9.17) is 0 Å². The van der Waals surface area contributed by atoms with Crippen LogP contribution in [0.2, 0.25) is 0 Å². The summed E-state index contributed by atoms with van der Waals surface area (Å²) >= 11 is 0. The number of aryl methyl sites for hydroxylation is 1. The zero-order valence-corrected chi connectivity index (χ0v) is 10.8. The third-order valence-electron chi connectivity index (χ3n) is 3.30. The lowest BCUT2D eigenvalue weighted by Gasteiger charge is -2.32. The van der Waals surface area contributed by atoms with Gasteiger partial charge < -0.3 is 5.32 Å². The first kappa shape index (κ1) is 12.5. The third-order valence-corrected chi connectivity index (χ3v) is 3.30. The van der Waals surface area contributed by atoms with E-state index in [1.807, 2.05) is 19.2 Å². The van der Waals surface area contributed by atoms with Crippen molar-refractivity contribution in [3.8, 4) is 0 Å². The summed E-state index contributed by atoms with van der Waals surface area (Å²) in [5.41, 5.74) is 1.14. The predicted molar refractivity (Wildman–Crippen MR) is 68.7 cm³/mol. The van der Waals surface area contributed by atoms with Crippen molar-refractivity contribution in [2.75, 3.05) is 19.6 Å². The van der Waals surface area contributed by atoms with Crippen LogP contribution in [0, 0.1) is 6.92 Å². The number of hydrogen-bond donors (Lipinski definition) is 1. The Bertz CT molecular complexity index is 345. The summed E-state index contributed by atoms with van der Waals surface area (Å²) in [6.45, 7) is 8.50. The molecule has 0 spiro atoms. The van der Waals surface area contributed by atoms with Gasteiger partial charge in [-0.2, -0.15) is 0 Å². The Labute approximate surface area is 103 Å². The molecule has 94 valence electrons. The first-order valence-electron chi connectivity index (χ1n) is 6.52. The van der Waals surface area contributed by atoms with Crippen molar-refractivity contribution >= 4 is 0 Å². The highest BCUT2D eigenvalue weighted by atomic mass is 15.1. The van der Waals surface area contributed by atoms with E-state index in [1.54, 1.807) is 0 Å². The highest BCUT2D eigenvalue weighted by Gasteiger charge is 2.18. The predicted octanol–water partition coefficient (Wildman–Crippen LogP) is 1.36. The van der Waals surface area contributed by atoms with Gasteiger partial charge in [-0.1, -0.05) is 6.92 Å². The Morgan fingerprint density at radius 1 is 1.41 bits per heavy atom. The molecule has 1 aromatic rings. The van der Waals surface area contributed by atoms with Gasteiger partial charge in [-0.3, -0.25) is 4.90 Å². The molecule has 0 amide bonds. The van der Waals surface area contributed by atoms with Crippen molar-refractivity contribution in [2.24, 2.45) is 0 Å². The first-order chi connectivity index (χ1) is 8.28. The second-order valence-corrected chi connectivity index (χ2v) is 4.70. The van der Waals surface area contributed by atoms with Crippen LogP contribution in [-0.4, -0.2) is 40.5 Å². The number of piperidine rings is 1. The summed E-state index contributed by atoms with van der Waals surface area (Å²) in [5.74, 6) is 0.866. The fourth-order valence-electron chi connectivity index (χ4n) is 2.41. The molecule has 1 N–H and O–H groups in total. The SMILES string of the molecule is CCNC1CCN(Cc2ccnc(C)n2)CC1. The van der Waals surface area contributed by atoms with Gasteiger partial charge in [0.1, 0.15) is 5.82 Å². The average Bonchev–Trinajstić information content (AvgIpc) is 2.32. The molecule has 2 rings (SSSR count). The third kappa shape index (κ3) is 3.75. The number of rotatable bonds is 4. The van der Waals surface area contributed by atoms with Crippen LogP contribution in [0.25, 0.3) is 0 Å². The molecule has 0 saturated carbocycles. The standard InChI is InChI=1S/C13H22N4/c1-3-14-12-5-8-17(9-6-12)10-13-4-7-15-11(2)16-13/h4,7,12,14H,3,5-6,8-10H2,1-2H3. The molecule has 1 aliphatic rings. The molecular weight excluding hydrogens is 212 g/mol. The molecular formula is C13H22N4. The van der Waals surface area contributed by atoms with E-state index in [1.165, 1.54) is 25.9 Å². The maximum absolute atomic E-state index is 4.45. The number of hydrogen-bond acceptors (Lipinski definition) is 4. The number of nitrogens with one attached hydrogen (secondary N) is 1. The highest BCUT2D eigenvalue weighted by Crippen LogP contribution is 2.12. The van der Waals surface area contributed by atoms with Crippen LogP contribution < -0.4 is 5.32 Å². The van der Waals surface area contributed by atoms with Gasteiger partial charge in [-0.05, 0) is 32.4 Å². The monoisotopic (exact) mass is 234 g/mol. The Hall–Kier alpha value is -1.00. The highest BCUT2D eigenvalue weighted by molar-refractivity contribution is 5.01. The molecule has 1 saturated heterocycles. The molecule has 1 aliphatic heterocycles. The van der Waals surface area contributed by atoms with E-state index in [9.17, 15) is 0 Å². The van der Waals surface area contributed by atoms with E-state index in [0.717, 1.165) is 24.6 Å². The smallest absolute Gasteiger partial charge is 0.125 e. The fraction of sp³-hybridized carbons (Fsp3) is 0.692. The second kappa shape index (κ2) is 6.07. The van der Waals surface area contributed by atoms with Crippen molar-refractivity contribution in [3.63, 3.8) is 0 Å². The summed E-state index contributed by atoms with van der Waals surface area (Å²) in [7, 11) is 0. The number of nitrogens with zero attached hydrogens (tertiary/aromatic N) is 3. The summed E-state index contributed by atoms with van der Waals surface area (Å²) in [4.78, 5) is 11.1. The van der Waals surface area contributed by atoms with Crippen LogP contribution in [0.5, 0.6) is 0 Å². The minimum atomic E-state index is 0.711. The molecule has 0 aliphatic carbocycles. The molecule has 2 heterocycles. The zero-order chi connectivity index (χ0) is 12.1. The van der Waals surface area contributed by atoms with Crippen LogP contribution in [-0.2, 0) is 6.54 Å². The number of likely N-dealkylation sites (tertiary alicyclic amines) is 1. The van der Waals surface area contributed by atoms with E-state index < -0.39 is 0 Å². The summed E-state index contributed by atoms with van der Waals surface area (Å²) in [6.07, 6.45) is 4.35. The molecule has 0 aromatic carbocycles. The second-order valence-electron chi connectivity index (χ2n) is 4.70. The topological polar surface area (TPSA) is 41.0 Å². The Morgan fingerprint density at radius 3 is 2.82 bits per heavy atom. The quantitative estimate of drug-likeness (QED) is 0.854. The van der Waals surface area contributed by atoms with Gasteiger partial charge >= 0.3 is 0 Å². The first-order valence-corrected chi connectivity index (χ1v) is 6.52. The van der Waals surface area contributed by atoms with E-state index in [-0.39, 0.29) is 0 Å². The van der Waals surface area contributed by atoms with E-state index in [0.29, 0.717) is 6.04 Å². The molecule has 0 atom stereocenters. The maximum atomic E-state index is 4.45. The Morgan fingerprint density at radius 2 is 2.18 bits per heavy atom. The fourth-order valence-corrected chi connectivity index (χ4v) is 2.41. The minimum absolute atomic E-state index is 0.711. The van der Waals surface area contributed by atoms with Gasteiger partial charge in [0.2, 0.25) is 0 Å². The van der Waals surface area contributed by atoms with Gasteiger partial charge in [0.25, 0.3) is 0 Å². The van der Waals surface area contributed by atoms with Crippen molar-refractivity contribution in [1.82, 2.24) is 20.2 Å². The van der Waals surface area contributed by atoms with Crippen LogP contribution >= 0.6 is 0 Å². The molecule has 1 aromatic heterocycles. The minimum Gasteiger partial charge on any atom is -0.314 e. The van der Waals surface area contributed by atoms with Crippen molar-refractivity contribution < 1.29 is 0 Å². The normalized spacial score (nSPS) is 18.5. The van der Waals surface area contributed by atoms with Crippen LogP contribution in [0.1, 0.15) is 31.3 Å². The van der Waals surface area contributed by atoms with Crippen LogP contribution in [0.3, 0.4) is 0 Å². The van der Waals surface area contributed by atoms with Gasteiger partial charge in [0, 0.05) is 31.9 Å². The maximum Gasteiger partial charge on any atom is 0.125 e. The molecule has 1 fully saturated rings. The van der Waals surface area contributed by atoms with Crippen LogP contribution in [0.4, 0.5) is 0 Å². The van der Waals surface area contributed by atoms with E-state index in [2.05, 4.69) is 27.1 Å². The average molecular weight is 234 g/mol. The van der Waals surface area contributed by atoms with Gasteiger partial charge in [-0.15, -0.1) is 0 Å². The van der Waals surface area contributed by atoms with Gasteiger partial charge in [0.05, 0.1) is 5.69 Å². The summed E-state index contributed by atoms with van der Waals surface area (Å²) in [6, 6.07) is 2.73. The van der Waals surface area contributed by atoms with Gasteiger partial charge in [-0.25, -0.2) is 9.97 Å². The summed E-state index contributed by atoms with van der Waals surface area (Å²) < 4.78 is 0. The van der Waals surface area contributed by atoms with Crippen molar-refractivity contribution in [3.05, 3.63) is 23.8 Å². The van der Waals surface area contributed by atoms with Crippen LogP contribution in [0.15, 0.2) is 12.3 Å². The number of aromatic nitrogens is 2. The molecule has 4 heteroatoms. The lowest BCUT2D eigenvalue weighted by molar-refractivity contribution is 0.190. The molecule has 4 nitrogen and oxygen atoms in total. The summed E-state index contributed by atoms with van der Waals surface area (Å²) in [5, 5.41) is 3.53. The van der Waals surface area contributed by atoms with Gasteiger partial charge in [0.15, 0.2) is 0 Å². The lowest BCUT2D eigenvalue weighted by Crippen LogP contribution is -2.42. The molecule has 0 unspecified atom stereocenters. The molecule has 0 radical (unpaired) electrons. The lowest BCUT2D eigenvalue weighted by atomic mass is 10.0. The zero-order valence-electron chi connectivity index (χ0n) is 10.8. The molecule has 17 heavy (non-hydrogen) atoms. The molecule has 0 bridgehead atoms.